The fourth-order valence-corrected chi connectivity index (χ4v) is 2.65. The summed E-state index contributed by atoms with van der Waals surface area (Å²) in [5.74, 6) is 0. The fourth-order valence-electron chi connectivity index (χ4n) is 2.65. The van der Waals surface area contributed by atoms with Crippen molar-refractivity contribution < 1.29 is 15.1 Å². The maximum atomic E-state index is 9.77. The highest BCUT2D eigenvalue weighted by Gasteiger charge is 2.27. The van der Waals surface area contributed by atoms with Gasteiger partial charge in [-0.05, 0) is 26.2 Å². The molecular formula is C15H35NO2. The monoisotopic (exact) mass is 261 g/mol. The Morgan fingerprint density at radius 1 is 0.833 bits per heavy atom. The first-order valence-corrected chi connectivity index (χ1v) is 7.63. The van der Waals surface area contributed by atoms with Gasteiger partial charge in [0, 0.05) is 0 Å². The van der Waals surface area contributed by atoms with Crippen LogP contribution in [0.4, 0.5) is 0 Å². The van der Waals surface area contributed by atoms with Crippen LogP contribution < -0.4 is 0 Å². The van der Waals surface area contributed by atoms with E-state index in [2.05, 4.69) is 20.8 Å². The average Bonchev–Trinajstić information content (AvgIpc) is 2.30. The van der Waals surface area contributed by atoms with Gasteiger partial charge in [0.2, 0.25) is 0 Å². The zero-order valence-corrected chi connectivity index (χ0v) is 13.0. The number of hydrogen-bond donors (Lipinski definition) is 1. The van der Waals surface area contributed by atoms with Crippen LogP contribution in [-0.2, 0) is 0 Å². The Morgan fingerprint density at radius 2 is 1.17 bits per heavy atom. The van der Waals surface area contributed by atoms with Crippen molar-refractivity contribution in [3.05, 3.63) is 0 Å². The quantitative estimate of drug-likeness (QED) is 0.579. The van der Waals surface area contributed by atoms with Crippen molar-refractivity contribution in [2.24, 2.45) is 0 Å². The lowest BCUT2D eigenvalue weighted by Crippen LogP contribution is -2.53. The van der Waals surface area contributed by atoms with Crippen molar-refractivity contribution >= 4 is 0 Å². The number of unbranched alkanes of at least 4 members (excludes halogenated alkanes) is 3. The lowest BCUT2D eigenvalue weighted by Gasteiger charge is -2.40. The molecule has 0 aliphatic rings. The second-order valence-electron chi connectivity index (χ2n) is 5.60. The zero-order chi connectivity index (χ0) is 13.1. The molecule has 0 aromatic heterocycles. The molecule has 1 atom stereocenters. The number of aliphatic hydroxyl groups is 1. The molecule has 0 saturated heterocycles. The van der Waals surface area contributed by atoms with E-state index in [1.807, 2.05) is 6.92 Å². The molecule has 0 heterocycles. The fraction of sp³-hybridized carbons (Fsp3) is 1.00. The minimum atomic E-state index is -0.166. The van der Waals surface area contributed by atoms with E-state index in [-0.39, 0.29) is 11.6 Å². The average molecular weight is 261 g/mol. The van der Waals surface area contributed by atoms with Gasteiger partial charge in [-0.2, -0.15) is 0 Å². The first kappa shape index (κ1) is 20.2. The summed E-state index contributed by atoms with van der Waals surface area (Å²) in [5.41, 5.74) is 0. The summed E-state index contributed by atoms with van der Waals surface area (Å²) < 4.78 is 1.15. The Bertz CT molecular complexity index is 150. The standard InChI is InChI=1S/C15H34NO.H2O/c1-5-8-11-16(12-9-6-2,13-10-7-3)14-15(4)17;/h15,17H,5-14H2,1-4H3;1H2/q+1;/p-1. The van der Waals surface area contributed by atoms with E-state index in [0.717, 1.165) is 11.0 Å². The smallest absolute Gasteiger partial charge is 0.105 e. The number of quaternary nitrogens is 1. The Balaban J connectivity index is 0. The van der Waals surface area contributed by atoms with Crippen molar-refractivity contribution in [1.82, 2.24) is 0 Å². The minimum Gasteiger partial charge on any atom is -0.870 e. The van der Waals surface area contributed by atoms with Crippen molar-refractivity contribution in [2.75, 3.05) is 26.2 Å². The SMILES string of the molecule is CCCC[N+](CCCC)(CCCC)CC(C)O.[OH-]. The molecule has 0 rings (SSSR count). The third kappa shape index (κ3) is 8.90. The van der Waals surface area contributed by atoms with Gasteiger partial charge in [0.1, 0.15) is 12.6 Å². The topological polar surface area (TPSA) is 50.2 Å². The van der Waals surface area contributed by atoms with Crippen molar-refractivity contribution in [1.29, 1.82) is 0 Å². The number of rotatable bonds is 11. The van der Waals surface area contributed by atoms with Gasteiger partial charge in [-0.15, -0.1) is 0 Å². The zero-order valence-electron chi connectivity index (χ0n) is 13.0. The molecule has 3 heteroatoms. The van der Waals surface area contributed by atoms with Crippen molar-refractivity contribution in [3.8, 4) is 0 Å². The third-order valence-corrected chi connectivity index (χ3v) is 3.61. The predicted octanol–water partition coefficient (Wildman–Crippen LogP) is 3.41. The van der Waals surface area contributed by atoms with Crippen LogP contribution in [-0.4, -0.2) is 47.3 Å². The third-order valence-electron chi connectivity index (χ3n) is 3.61. The first-order chi connectivity index (χ1) is 8.10. The van der Waals surface area contributed by atoms with Crippen LogP contribution in [0.25, 0.3) is 0 Å². The maximum absolute atomic E-state index is 9.77. The Kier molecular flexibility index (Phi) is 13.4. The molecule has 0 bridgehead atoms. The molecule has 0 radical (unpaired) electrons. The highest BCUT2D eigenvalue weighted by atomic mass is 16.3. The molecule has 18 heavy (non-hydrogen) atoms. The summed E-state index contributed by atoms with van der Waals surface area (Å²) in [6.07, 6.45) is 7.50. The lowest BCUT2D eigenvalue weighted by molar-refractivity contribution is -0.931. The van der Waals surface area contributed by atoms with E-state index in [0.29, 0.717) is 0 Å². The van der Waals surface area contributed by atoms with Crippen LogP contribution in [0.1, 0.15) is 66.2 Å². The number of hydrogen-bond acceptors (Lipinski definition) is 2. The van der Waals surface area contributed by atoms with Gasteiger partial charge < -0.3 is 15.1 Å². The first-order valence-electron chi connectivity index (χ1n) is 7.63. The van der Waals surface area contributed by atoms with Gasteiger partial charge in [0.05, 0.1) is 19.6 Å². The van der Waals surface area contributed by atoms with Gasteiger partial charge >= 0.3 is 0 Å². The Morgan fingerprint density at radius 3 is 1.39 bits per heavy atom. The molecule has 0 fully saturated rings. The Labute approximate surface area is 114 Å². The summed E-state index contributed by atoms with van der Waals surface area (Å²) >= 11 is 0. The summed E-state index contributed by atoms with van der Waals surface area (Å²) in [5, 5.41) is 9.77. The minimum absolute atomic E-state index is 0. The summed E-state index contributed by atoms with van der Waals surface area (Å²) in [6, 6.07) is 0. The summed E-state index contributed by atoms with van der Waals surface area (Å²) in [7, 11) is 0. The lowest BCUT2D eigenvalue weighted by atomic mass is 10.1. The molecule has 0 saturated carbocycles. The van der Waals surface area contributed by atoms with E-state index in [1.54, 1.807) is 0 Å². The molecule has 0 aromatic carbocycles. The van der Waals surface area contributed by atoms with Crippen LogP contribution in [0.15, 0.2) is 0 Å². The van der Waals surface area contributed by atoms with Gasteiger partial charge in [-0.25, -0.2) is 0 Å². The Hall–Kier alpha value is -0.120. The molecule has 0 amide bonds. The largest absolute Gasteiger partial charge is 0.870 e. The van der Waals surface area contributed by atoms with E-state index in [1.165, 1.54) is 58.2 Å². The summed E-state index contributed by atoms with van der Waals surface area (Å²) in [4.78, 5) is 0. The normalized spacial score (nSPS) is 13.2. The van der Waals surface area contributed by atoms with Crippen molar-refractivity contribution in [3.63, 3.8) is 0 Å². The molecule has 0 aromatic rings. The molecule has 2 N–H and O–H groups in total. The molecule has 0 spiro atoms. The van der Waals surface area contributed by atoms with E-state index in [4.69, 9.17) is 0 Å². The van der Waals surface area contributed by atoms with E-state index in [9.17, 15) is 5.11 Å². The van der Waals surface area contributed by atoms with Crippen LogP contribution >= 0.6 is 0 Å². The highest BCUT2D eigenvalue weighted by Crippen LogP contribution is 2.15. The van der Waals surface area contributed by atoms with Gasteiger partial charge in [0.25, 0.3) is 0 Å². The van der Waals surface area contributed by atoms with Crippen LogP contribution in [0, 0.1) is 0 Å². The van der Waals surface area contributed by atoms with Gasteiger partial charge in [-0.3, -0.25) is 0 Å². The van der Waals surface area contributed by atoms with Crippen LogP contribution in [0.2, 0.25) is 0 Å². The molecule has 112 valence electrons. The molecular weight excluding hydrogens is 226 g/mol. The second-order valence-corrected chi connectivity index (χ2v) is 5.60. The van der Waals surface area contributed by atoms with Gasteiger partial charge in [0.15, 0.2) is 0 Å². The van der Waals surface area contributed by atoms with E-state index < -0.39 is 0 Å². The van der Waals surface area contributed by atoms with Crippen molar-refractivity contribution in [2.45, 2.75) is 72.3 Å². The predicted molar refractivity (Wildman–Crippen MR) is 78.1 cm³/mol. The highest BCUT2D eigenvalue weighted by molar-refractivity contribution is 4.52. The number of nitrogens with zero attached hydrogens (tertiary/aromatic N) is 1. The van der Waals surface area contributed by atoms with E-state index >= 15 is 0 Å². The van der Waals surface area contributed by atoms with Gasteiger partial charge in [-0.1, -0.05) is 40.0 Å². The van der Waals surface area contributed by atoms with Crippen LogP contribution in [0.3, 0.4) is 0 Å². The molecule has 3 nitrogen and oxygen atoms in total. The molecule has 0 aliphatic carbocycles. The number of aliphatic hydroxyl groups excluding tert-OH is 1. The molecule has 1 unspecified atom stereocenters. The summed E-state index contributed by atoms with van der Waals surface area (Å²) in [6.45, 7) is 13.4. The molecule has 0 aliphatic heterocycles. The second kappa shape index (κ2) is 11.9. The van der Waals surface area contributed by atoms with Crippen LogP contribution in [0.5, 0.6) is 0 Å². The maximum Gasteiger partial charge on any atom is 0.105 e.